The predicted molar refractivity (Wildman–Crippen MR) is 87.8 cm³/mol. The first-order valence-electron chi connectivity index (χ1n) is 7.52. The van der Waals surface area contributed by atoms with Crippen LogP contribution in [0, 0.1) is 0 Å². The standard InChI is InChI=1S/C18H25N3/c1-15(2)20-12-16-6-8-17(9-7-16)13-21(3)14-18-5-4-10-19-11-18/h4-11,15,20H,12-14H2,1-3H3. The Labute approximate surface area is 128 Å². The zero-order valence-corrected chi connectivity index (χ0v) is 13.2. The molecular weight excluding hydrogens is 258 g/mol. The summed E-state index contributed by atoms with van der Waals surface area (Å²) in [4.78, 5) is 6.46. The maximum Gasteiger partial charge on any atom is 0.0312 e. The van der Waals surface area contributed by atoms with Crippen LogP contribution in [0.1, 0.15) is 30.5 Å². The molecule has 1 aromatic heterocycles. The molecule has 0 saturated heterocycles. The highest BCUT2D eigenvalue weighted by Crippen LogP contribution is 2.09. The fourth-order valence-electron chi connectivity index (χ4n) is 2.26. The molecule has 0 amide bonds. The number of nitrogens with zero attached hydrogens (tertiary/aromatic N) is 2. The summed E-state index contributed by atoms with van der Waals surface area (Å²) in [5.41, 5.74) is 3.93. The van der Waals surface area contributed by atoms with Crippen molar-refractivity contribution in [2.24, 2.45) is 0 Å². The van der Waals surface area contributed by atoms with Gasteiger partial charge in [-0.05, 0) is 29.8 Å². The summed E-state index contributed by atoms with van der Waals surface area (Å²) < 4.78 is 0. The molecule has 2 aromatic rings. The third-order valence-electron chi connectivity index (χ3n) is 3.37. The van der Waals surface area contributed by atoms with Crippen LogP contribution in [-0.4, -0.2) is 23.0 Å². The molecule has 0 unspecified atom stereocenters. The monoisotopic (exact) mass is 283 g/mol. The first-order chi connectivity index (χ1) is 10.1. The van der Waals surface area contributed by atoms with Crippen LogP contribution in [0.25, 0.3) is 0 Å². The molecule has 2 rings (SSSR count). The van der Waals surface area contributed by atoms with Crippen LogP contribution in [0.4, 0.5) is 0 Å². The van der Waals surface area contributed by atoms with Gasteiger partial charge in [0.05, 0.1) is 0 Å². The number of hydrogen-bond acceptors (Lipinski definition) is 3. The minimum Gasteiger partial charge on any atom is -0.310 e. The van der Waals surface area contributed by atoms with E-state index in [4.69, 9.17) is 0 Å². The number of rotatable bonds is 7. The number of benzene rings is 1. The van der Waals surface area contributed by atoms with Gasteiger partial charge in [-0.2, -0.15) is 0 Å². The molecule has 3 heteroatoms. The minimum absolute atomic E-state index is 0.523. The summed E-state index contributed by atoms with van der Waals surface area (Å²) >= 11 is 0. The second kappa shape index (κ2) is 7.91. The Kier molecular flexibility index (Phi) is 5.90. The van der Waals surface area contributed by atoms with E-state index in [0.717, 1.165) is 19.6 Å². The molecule has 1 N–H and O–H groups in total. The highest BCUT2D eigenvalue weighted by atomic mass is 15.1. The van der Waals surface area contributed by atoms with Crippen molar-refractivity contribution in [3.05, 3.63) is 65.5 Å². The molecular formula is C18H25N3. The molecule has 1 aromatic carbocycles. The first-order valence-corrected chi connectivity index (χ1v) is 7.52. The Morgan fingerprint density at radius 3 is 2.29 bits per heavy atom. The summed E-state index contributed by atoms with van der Waals surface area (Å²) in [6.07, 6.45) is 3.74. The third kappa shape index (κ3) is 5.66. The van der Waals surface area contributed by atoms with E-state index in [0.29, 0.717) is 6.04 Å². The molecule has 0 radical (unpaired) electrons. The van der Waals surface area contributed by atoms with Crippen LogP contribution in [0.5, 0.6) is 0 Å². The highest BCUT2D eigenvalue weighted by Gasteiger charge is 2.02. The van der Waals surface area contributed by atoms with Gasteiger partial charge in [-0.3, -0.25) is 9.88 Å². The second-order valence-electron chi connectivity index (χ2n) is 5.89. The molecule has 0 fully saturated rings. The quantitative estimate of drug-likeness (QED) is 0.845. The van der Waals surface area contributed by atoms with Crippen LogP contribution in [0.3, 0.4) is 0 Å². The Bertz CT molecular complexity index is 520. The molecule has 112 valence electrons. The normalized spacial score (nSPS) is 11.3. The van der Waals surface area contributed by atoms with E-state index in [-0.39, 0.29) is 0 Å². The van der Waals surface area contributed by atoms with Gasteiger partial charge < -0.3 is 5.32 Å². The van der Waals surface area contributed by atoms with Gasteiger partial charge in [-0.1, -0.05) is 44.2 Å². The average Bonchev–Trinajstić information content (AvgIpc) is 2.47. The van der Waals surface area contributed by atoms with Crippen molar-refractivity contribution in [1.82, 2.24) is 15.2 Å². The smallest absolute Gasteiger partial charge is 0.0312 e. The van der Waals surface area contributed by atoms with Gasteiger partial charge >= 0.3 is 0 Å². The number of nitrogens with one attached hydrogen (secondary N) is 1. The number of hydrogen-bond donors (Lipinski definition) is 1. The van der Waals surface area contributed by atoms with Gasteiger partial charge in [0.2, 0.25) is 0 Å². The number of pyridine rings is 1. The Balaban J connectivity index is 1.85. The lowest BCUT2D eigenvalue weighted by atomic mass is 10.1. The van der Waals surface area contributed by atoms with Crippen LogP contribution >= 0.6 is 0 Å². The van der Waals surface area contributed by atoms with Crippen molar-refractivity contribution in [2.45, 2.75) is 39.5 Å². The lowest BCUT2D eigenvalue weighted by Gasteiger charge is -2.17. The molecule has 0 bridgehead atoms. The van der Waals surface area contributed by atoms with E-state index < -0.39 is 0 Å². The molecule has 21 heavy (non-hydrogen) atoms. The summed E-state index contributed by atoms with van der Waals surface area (Å²) in [6.45, 7) is 7.14. The Morgan fingerprint density at radius 1 is 1.00 bits per heavy atom. The Hall–Kier alpha value is -1.71. The van der Waals surface area contributed by atoms with E-state index in [9.17, 15) is 0 Å². The maximum atomic E-state index is 4.16. The van der Waals surface area contributed by atoms with Crippen LogP contribution in [-0.2, 0) is 19.6 Å². The molecule has 0 atom stereocenters. The van der Waals surface area contributed by atoms with Gasteiger partial charge in [-0.25, -0.2) is 0 Å². The minimum atomic E-state index is 0.523. The third-order valence-corrected chi connectivity index (χ3v) is 3.37. The van der Waals surface area contributed by atoms with E-state index in [1.165, 1.54) is 16.7 Å². The van der Waals surface area contributed by atoms with Gasteiger partial charge in [0.25, 0.3) is 0 Å². The van der Waals surface area contributed by atoms with Crippen molar-refractivity contribution in [1.29, 1.82) is 0 Å². The van der Waals surface area contributed by atoms with Gasteiger partial charge in [0.15, 0.2) is 0 Å². The summed E-state index contributed by atoms with van der Waals surface area (Å²) in [7, 11) is 2.14. The molecule has 0 aliphatic carbocycles. The topological polar surface area (TPSA) is 28.2 Å². The van der Waals surface area contributed by atoms with Crippen molar-refractivity contribution in [2.75, 3.05) is 7.05 Å². The van der Waals surface area contributed by atoms with Crippen LogP contribution < -0.4 is 5.32 Å². The maximum absolute atomic E-state index is 4.16. The molecule has 3 nitrogen and oxygen atoms in total. The van der Waals surface area contributed by atoms with Gasteiger partial charge in [0, 0.05) is 38.1 Å². The van der Waals surface area contributed by atoms with Crippen molar-refractivity contribution in [3.63, 3.8) is 0 Å². The lowest BCUT2D eigenvalue weighted by Crippen LogP contribution is -2.21. The van der Waals surface area contributed by atoms with Crippen molar-refractivity contribution in [3.8, 4) is 0 Å². The zero-order valence-electron chi connectivity index (χ0n) is 13.2. The number of aromatic nitrogens is 1. The van der Waals surface area contributed by atoms with E-state index >= 15 is 0 Å². The summed E-state index contributed by atoms with van der Waals surface area (Å²) in [6, 6.07) is 13.5. The van der Waals surface area contributed by atoms with Crippen molar-refractivity contribution < 1.29 is 0 Å². The summed E-state index contributed by atoms with van der Waals surface area (Å²) in [5.74, 6) is 0. The molecule has 1 heterocycles. The zero-order chi connectivity index (χ0) is 15.1. The predicted octanol–water partition coefficient (Wildman–Crippen LogP) is 3.21. The Morgan fingerprint density at radius 2 is 1.67 bits per heavy atom. The highest BCUT2D eigenvalue weighted by molar-refractivity contribution is 5.22. The largest absolute Gasteiger partial charge is 0.310 e. The molecule has 0 spiro atoms. The van der Waals surface area contributed by atoms with Gasteiger partial charge in [0.1, 0.15) is 0 Å². The molecule has 0 saturated carbocycles. The van der Waals surface area contributed by atoms with E-state index in [1.54, 1.807) is 0 Å². The SMILES string of the molecule is CC(C)NCc1ccc(CN(C)Cc2cccnc2)cc1. The van der Waals surface area contributed by atoms with Gasteiger partial charge in [-0.15, -0.1) is 0 Å². The van der Waals surface area contributed by atoms with E-state index in [2.05, 4.69) is 66.4 Å². The molecule has 0 aliphatic heterocycles. The van der Waals surface area contributed by atoms with Crippen molar-refractivity contribution >= 4 is 0 Å². The lowest BCUT2D eigenvalue weighted by molar-refractivity contribution is 0.318. The fraction of sp³-hybridized carbons (Fsp3) is 0.389. The van der Waals surface area contributed by atoms with Crippen LogP contribution in [0.2, 0.25) is 0 Å². The second-order valence-corrected chi connectivity index (χ2v) is 5.89. The molecule has 0 aliphatic rings. The summed E-state index contributed by atoms with van der Waals surface area (Å²) in [5, 5.41) is 3.44. The van der Waals surface area contributed by atoms with Crippen LogP contribution in [0.15, 0.2) is 48.8 Å². The first kappa shape index (κ1) is 15.7. The van der Waals surface area contributed by atoms with E-state index in [1.807, 2.05) is 18.5 Å². The average molecular weight is 283 g/mol. The fourth-order valence-corrected chi connectivity index (χ4v) is 2.26.